The summed E-state index contributed by atoms with van der Waals surface area (Å²) in [5, 5.41) is 0. The van der Waals surface area contributed by atoms with Crippen LogP contribution >= 0.6 is 0 Å². The van der Waals surface area contributed by atoms with E-state index in [1.807, 2.05) is 29.3 Å². The van der Waals surface area contributed by atoms with Crippen LogP contribution in [0.5, 0.6) is 0 Å². The first-order chi connectivity index (χ1) is 14.3. The Kier molecular flexibility index (Phi) is 3.87. The van der Waals surface area contributed by atoms with Gasteiger partial charge in [-0.2, -0.15) is 0 Å². The number of anilines is 2. The molecule has 0 bridgehead atoms. The average Bonchev–Trinajstić information content (AvgIpc) is 3.42. The highest BCUT2D eigenvalue weighted by Crippen LogP contribution is 2.40. The van der Waals surface area contributed by atoms with Gasteiger partial charge in [0.05, 0.1) is 18.7 Å². The number of pyridine rings is 1. The van der Waals surface area contributed by atoms with Crippen LogP contribution in [-0.4, -0.2) is 48.1 Å². The zero-order valence-corrected chi connectivity index (χ0v) is 16.4. The number of hydrogen-bond donors (Lipinski definition) is 0. The third-order valence-electron chi connectivity index (χ3n) is 6.31. The Morgan fingerprint density at radius 3 is 2.76 bits per heavy atom. The number of morpholine rings is 1. The van der Waals surface area contributed by atoms with Gasteiger partial charge in [0.25, 0.3) is 5.91 Å². The van der Waals surface area contributed by atoms with Gasteiger partial charge < -0.3 is 18.9 Å². The molecule has 2 aliphatic heterocycles. The monoisotopic (exact) mass is 388 g/mol. The quantitative estimate of drug-likeness (QED) is 0.691. The van der Waals surface area contributed by atoms with Gasteiger partial charge in [-0.15, -0.1) is 0 Å². The van der Waals surface area contributed by atoms with Crippen LogP contribution in [0.2, 0.25) is 0 Å². The summed E-state index contributed by atoms with van der Waals surface area (Å²) in [4.78, 5) is 22.7. The highest BCUT2D eigenvalue weighted by Gasteiger charge is 2.33. The minimum atomic E-state index is 0.0125. The van der Waals surface area contributed by atoms with E-state index in [1.54, 1.807) is 0 Å². The number of nitrogens with zero attached hydrogens (tertiary/aromatic N) is 4. The van der Waals surface area contributed by atoms with E-state index in [-0.39, 0.29) is 5.91 Å². The molecule has 2 fully saturated rings. The first-order valence-corrected chi connectivity index (χ1v) is 10.5. The van der Waals surface area contributed by atoms with Crippen LogP contribution in [0.25, 0.3) is 5.52 Å². The van der Waals surface area contributed by atoms with E-state index >= 15 is 0 Å². The van der Waals surface area contributed by atoms with Crippen molar-refractivity contribution in [2.24, 2.45) is 0 Å². The van der Waals surface area contributed by atoms with Crippen LogP contribution in [0.4, 0.5) is 11.4 Å². The lowest BCUT2D eigenvalue weighted by Gasteiger charge is -2.29. The molecule has 148 valence electrons. The second-order valence-corrected chi connectivity index (χ2v) is 8.17. The standard InChI is InChI=1S/C23H24N4O2/c28-23(21-19-3-1-2-9-26(19)22(24-21)17-4-5-17)27-10-8-16-6-7-18(15-20(16)27)25-11-13-29-14-12-25/h1-3,6-7,9,15,17H,4-5,8,10-14H2. The first-order valence-electron chi connectivity index (χ1n) is 10.5. The first kappa shape index (κ1) is 17.0. The van der Waals surface area contributed by atoms with Crippen molar-refractivity contribution in [3.8, 4) is 0 Å². The highest BCUT2D eigenvalue weighted by atomic mass is 16.5. The van der Waals surface area contributed by atoms with Gasteiger partial charge in [0.1, 0.15) is 5.82 Å². The smallest absolute Gasteiger partial charge is 0.279 e. The van der Waals surface area contributed by atoms with E-state index < -0.39 is 0 Å². The second-order valence-electron chi connectivity index (χ2n) is 8.17. The van der Waals surface area contributed by atoms with Crippen LogP contribution in [0.15, 0.2) is 42.6 Å². The molecule has 1 aromatic carbocycles. The zero-order valence-electron chi connectivity index (χ0n) is 16.4. The van der Waals surface area contributed by atoms with Crippen LogP contribution in [0, 0.1) is 0 Å². The Balaban J connectivity index is 1.37. The Bertz CT molecular complexity index is 1100. The number of carbonyl (C=O) groups is 1. The third-order valence-corrected chi connectivity index (χ3v) is 6.31. The molecule has 2 aromatic heterocycles. The van der Waals surface area contributed by atoms with E-state index in [2.05, 4.69) is 27.5 Å². The molecule has 0 radical (unpaired) electrons. The summed E-state index contributed by atoms with van der Waals surface area (Å²) in [6, 6.07) is 12.5. The van der Waals surface area contributed by atoms with Crippen molar-refractivity contribution >= 4 is 22.8 Å². The number of benzene rings is 1. The number of rotatable bonds is 3. The van der Waals surface area contributed by atoms with E-state index in [0.717, 1.165) is 62.6 Å². The molecule has 0 spiro atoms. The number of imidazole rings is 1. The van der Waals surface area contributed by atoms with Crippen molar-refractivity contribution in [1.82, 2.24) is 9.38 Å². The summed E-state index contributed by atoms with van der Waals surface area (Å²) >= 11 is 0. The van der Waals surface area contributed by atoms with Crippen molar-refractivity contribution in [1.29, 1.82) is 0 Å². The Labute approximate surface area is 169 Å². The predicted octanol–water partition coefficient (Wildman–Crippen LogP) is 3.25. The fourth-order valence-corrected chi connectivity index (χ4v) is 4.57. The van der Waals surface area contributed by atoms with Crippen LogP contribution in [-0.2, 0) is 11.2 Å². The summed E-state index contributed by atoms with van der Waals surface area (Å²) in [7, 11) is 0. The normalized spacial score (nSPS) is 19.0. The SMILES string of the molecule is O=C(c1nc(C2CC2)n2ccccc12)N1CCc2ccc(N3CCOCC3)cc21. The van der Waals surface area contributed by atoms with Gasteiger partial charge in [0.15, 0.2) is 5.69 Å². The molecular weight excluding hydrogens is 364 g/mol. The summed E-state index contributed by atoms with van der Waals surface area (Å²) in [5.74, 6) is 1.54. The highest BCUT2D eigenvalue weighted by molar-refractivity contribution is 6.10. The molecule has 0 atom stereocenters. The Hall–Kier alpha value is -2.86. The van der Waals surface area contributed by atoms with Crippen LogP contribution < -0.4 is 9.80 Å². The Morgan fingerprint density at radius 1 is 1.07 bits per heavy atom. The van der Waals surface area contributed by atoms with Crippen LogP contribution in [0.1, 0.15) is 40.6 Å². The number of fused-ring (bicyclic) bond motifs is 2. The fourth-order valence-electron chi connectivity index (χ4n) is 4.57. The molecule has 6 rings (SSSR count). The van der Waals surface area contributed by atoms with Crippen molar-refractivity contribution < 1.29 is 9.53 Å². The molecule has 0 N–H and O–H groups in total. The van der Waals surface area contributed by atoms with Gasteiger partial charge in [-0.05, 0) is 49.1 Å². The lowest BCUT2D eigenvalue weighted by atomic mass is 10.1. The maximum absolute atomic E-state index is 13.6. The van der Waals surface area contributed by atoms with Gasteiger partial charge in [-0.25, -0.2) is 4.98 Å². The molecule has 1 aliphatic carbocycles. The summed E-state index contributed by atoms with van der Waals surface area (Å²) in [5.41, 5.74) is 4.93. The average molecular weight is 388 g/mol. The molecule has 4 heterocycles. The molecular formula is C23H24N4O2. The molecule has 1 saturated heterocycles. The Morgan fingerprint density at radius 2 is 1.93 bits per heavy atom. The predicted molar refractivity (Wildman–Crippen MR) is 112 cm³/mol. The molecule has 29 heavy (non-hydrogen) atoms. The maximum atomic E-state index is 13.6. The number of ether oxygens (including phenoxy) is 1. The van der Waals surface area contributed by atoms with Gasteiger partial charge in [0.2, 0.25) is 0 Å². The lowest BCUT2D eigenvalue weighted by molar-refractivity contribution is 0.0986. The van der Waals surface area contributed by atoms with Crippen molar-refractivity contribution in [2.75, 3.05) is 42.6 Å². The minimum absolute atomic E-state index is 0.0125. The second kappa shape index (κ2) is 6.59. The van der Waals surface area contributed by atoms with Gasteiger partial charge in [0, 0.05) is 43.1 Å². The molecule has 3 aliphatic rings. The number of hydrogen-bond acceptors (Lipinski definition) is 4. The summed E-state index contributed by atoms with van der Waals surface area (Å²) in [6.45, 7) is 4.01. The largest absolute Gasteiger partial charge is 0.378 e. The number of carbonyl (C=O) groups excluding carboxylic acids is 1. The molecule has 3 aromatic rings. The van der Waals surface area contributed by atoms with Crippen molar-refractivity contribution in [3.05, 3.63) is 59.7 Å². The minimum Gasteiger partial charge on any atom is -0.378 e. The van der Waals surface area contributed by atoms with Gasteiger partial charge in [-0.1, -0.05) is 12.1 Å². The molecule has 1 saturated carbocycles. The van der Waals surface area contributed by atoms with E-state index in [9.17, 15) is 4.79 Å². The zero-order chi connectivity index (χ0) is 19.4. The van der Waals surface area contributed by atoms with Crippen molar-refractivity contribution in [2.45, 2.75) is 25.2 Å². The van der Waals surface area contributed by atoms with Gasteiger partial charge in [-0.3, -0.25) is 4.79 Å². The summed E-state index contributed by atoms with van der Waals surface area (Å²) < 4.78 is 7.59. The number of amides is 1. The van der Waals surface area contributed by atoms with Crippen LogP contribution in [0.3, 0.4) is 0 Å². The maximum Gasteiger partial charge on any atom is 0.279 e. The van der Waals surface area contributed by atoms with E-state index in [0.29, 0.717) is 18.2 Å². The molecule has 0 unspecified atom stereocenters. The summed E-state index contributed by atoms with van der Waals surface area (Å²) in [6.07, 6.45) is 5.25. The van der Waals surface area contributed by atoms with E-state index in [4.69, 9.17) is 9.72 Å². The third kappa shape index (κ3) is 2.82. The molecule has 6 nitrogen and oxygen atoms in total. The van der Waals surface area contributed by atoms with E-state index in [1.165, 1.54) is 11.3 Å². The fraction of sp³-hybridized carbons (Fsp3) is 0.391. The van der Waals surface area contributed by atoms with Crippen molar-refractivity contribution in [3.63, 3.8) is 0 Å². The molecule has 1 amide bonds. The molecule has 6 heteroatoms. The van der Waals surface area contributed by atoms with Gasteiger partial charge >= 0.3 is 0 Å². The topological polar surface area (TPSA) is 50.1 Å². The number of aromatic nitrogens is 2. The lowest BCUT2D eigenvalue weighted by Crippen LogP contribution is -2.36.